The minimum atomic E-state index is -3.63. The smallest absolute Gasteiger partial charge is 0.204 e. The third-order valence-corrected chi connectivity index (χ3v) is 13.3. The zero-order valence-corrected chi connectivity index (χ0v) is 19.4. The maximum Gasteiger partial charge on any atom is 0.204 e. The molecule has 0 aliphatic carbocycles. The average Bonchev–Trinajstić information content (AvgIpc) is 2.54. The molecule has 0 aliphatic heterocycles. The van der Waals surface area contributed by atoms with Crippen molar-refractivity contribution in [3.05, 3.63) is 41.8 Å². The molecule has 3 nitrogen and oxygen atoms in total. The predicted octanol–water partition coefficient (Wildman–Crippen LogP) is 6.19. The van der Waals surface area contributed by atoms with Gasteiger partial charge in [0.25, 0.3) is 0 Å². The van der Waals surface area contributed by atoms with Gasteiger partial charge in [0, 0.05) is 0 Å². The highest BCUT2D eigenvalue weighted by Gasteiger charge is 2.48. The van der Waals surface area contributed by atoms with Crippen molar-refractivity contribution in [3.8, 4) is 0 Å². The van der Waals surface area contributed by atoms with Gasteiger partial charge in [-0.15, -0.1) is 0 Å². The van der Waals surface area contributed by atoms with Crippen molar-refractivity contribution in [1.29, 1.82) is 0 Å². The summed E-state index contributed by atoms with van der Waals surface area (Å²) in [5, 5.41) is 0. The summed E-state index contributed by atoms with van der Waals surface area (Å²) in [4.78, 5) is 0.461. The first-order valence-corrected chi connectivity index (χ1v) is 13.2. The highest BCUT2D eigenvalue weighted by molar-refractivity contribution is 7.95. The normalized spacial score (nSPS) is 14.5. The Balaban J connectivity index is 3.38. The van der Waals surface area contributed by atoms with Gasteiger partial charge >= 0.3 is 0 Å². The van der Waals surface area contributed by atoms with Crippen LogP contribution in [0, 0.1) is 5.92 Å². The van der Waals surface area contributed by atoms with Crippen LogP contribution in [0.25, 0.3) is 0 Å². The molecule has 0 radical (unpaired) electrons. The minimum absolute atomic E-state index is 0.0316. The Bertz CT molecular complexity index is 669. The molecular weight excluding hydrogens is 360 g/mol. The molecule has 0 amide bonds. The van der Waals surface area contributed by atoms with Crippen molar-refractivity contribution in [2.75, 3.05) is 0 Å². The zero-order valence-electron chi connectivity index (χ0n) is 17.6. The first-order valence-electron chi connectivity index (χ1n) is 9.55. The van der Waals surface area contributed by atoms with E-state index >= 15 is 0 Å². The largest absolute Gasteiger partial charge is 0.408 e. The summed E-state index contributed by atoms with van der Waals surface area (Å²) in [6.45, 7) is 21.3. The molecule has 0 spiro atoms. The summed E-state index contributed by atoms with van der Waals surface area (Å²) < 4.78 is 33.0. The maximum atomic E-state index is 13.1. The number of rotatable bonds is 9. The van der Waals surface area contributed by atoms with Gasteiger partial charge < -0.3 is 4.43 Å². The van der Waals surface area contributed by atoms with Crippen LogP contribution in [0.15, 0.2) is 46.7 Å². The highest BCUT2D eigenvalue weighted by Crippen LogP contribution is 2.45. The molecule has 26 heavy (non-hydrogen) atoms. The van der Waals surface area contributed by atoms with Crippen molar-refractivity contribution in [3.63, 3.8) is 0 Å². The van der Waals surface area contributed by atoms with Gasteiger partial charge in [-0.3, -0.25) is 0 Å². The molecule has 1 atom stereocenters. The van der Waals surface area contributed by atoms with Crippen LogP contribution in [0.2, 0.25) is 16.6 Å². The molecule has 0 heterocycles. The van der Waals surface area contributed by atoms with Gasteiger partial charge in [0.15, 0.2) is 0 Å². The van der Waals surface area contributed by atoms with E-state index in [1.807, 2.05) is 19.9 Å². The second-order valence-corrected chi connectivity index (χ2v) is 15.8. The molecule has 0 bridgehead atoms. The summed E-state index contributed by atoms with van der Waals surface area (Å²) in [6.07, 6.45) is -0.501. The third kappa shape index (κ3) is 4.49. The molecule has 0 aromatic heterocycles. The Hall–Kier alpha value is -0.913. The molecule has 0 fully saturated rings. The van der Waals surface area contributed by atoms with Crippen LogP contribution in [0.3, 0.4) is 0 Å². The van der Waals surface area contributed by atoms with Crippen molar-refractivity contribution in [2.24, 2.45) is 5.92 Å². The van der Waals surface area contributed by atoms with Gasteiger partial charge in [-0.1, -0.05) is 80.2 Å². The van der Waals surface area contributed by atoms with Crippen LogP contribution >= 0.6 is 0 Å². The summed E-state index contributed by atoms with van der Waals surface area (Å²) in [5.74, 6) is 0.0316. The van der Waals surface area contributed by atoms with Crippen LogP contribution in [-0.4, -0.2) is 22.8 Å². The van der Waals surface area contributed by atoms with E-state index in [1.54, 1.807) is 24.3 Å². The predicted molar refractivity (Wildman–Crippen MR) is 114 cm³/mol. The van der Waals surface area contributed by atoms with E-state index in [2.05, 4.69) is 48.1 Å². The van der Waals surface area contributed by atoms with Gasteiger partial charge in [0.05, 0.1) is 15.9 Å². The topological polar surface area (TPSA) is 43.4 Å². The summed E-state index contributed by atoms with van der Waals surface area (Å²) in [7, 11) is -5.85. The second-order valence-electron chi connectivity index (χ2n) is 8.38. The SMILES string of the molecule is C=C([C@@H](O[Si](C(C)C)(C(C)C)C(C)C)C(C)C)S(=O)(=O)c1ccccc1. The molecule has 0 aliphatic rings. The Morgan fingerprint density at radius 1 is 0.885 bits per heavy atom. The molecule has 148 valence electrons. The van der Waals surface area contributed by atoms with Gasteiger partial charge in [-0.25, -0.2) is 8.42 Å². The standard InChI is InChI=1S/C21H36O3SSi/c1-15(2)21(24-26(16(3)4,17(5)6)18(7)8)19(9)25(22,23)20-13-11-10-12-14-20/h10-18,21H,9H2,1-8H3/t21-/m0/s1. The van der Waals surface area contributed by atoms with E-state index in [0.717, 1.165) is 0 Å². The number of hydrogen-bond donors (Lipinski definition) is 0. The van der Waals surface area contributed by atoms with E-state index in [9.17, 15) is 8.42 Å². The van der Waals surface area contributed by atoms with Crippen LogP contribution in [0.4, 0.5) is 0 Å². The van der Waals surface area contributed by atoms with Crippen LogP contribution in [-0.2, 0) is 14.3 Å². The van der Waals surface area contributed by atoms with Crippen molar-refractivity contribution in [1.82, 2.24) is 0 Å². The minimum Gasteiger partial charge on any atom is -0.408 e. The van der Waals surface area contributed by atoms with Gasteiger partial charge in [-0.05, 0) is 34.7 Å². The fourth-order valence-corrected chi connectivity index (χ4v) is 11.3. The Labute approximate surface area is 161 Å². The lowest BCUT2D eigenvalue weighted by molar-refractivity contribution is 0.166. The Kier molecular flexibility index (Phi) is 7.87. The van der Waals surface area contributed by atoms with Crippen molar-refractivity contribution < 1.29 is 12.8 Å². The second kappa shape index (κ2) is 8.85. The molecule has 1 aromatic rings. The molecule has 1 aromatic carbocycles. The van der Waals surface area contributed by atoms with E-state index in [0.29, 0.717) is 16.6 Å². The molecule has 0 unspecified atom stereocenters. The van der Waals surface area contributed by atoms with E-state index in [4.69, 9.17) is 4.43 Å². The van der Waals surface area contributed by atoms with Crippen LogP contribution in [0.5, 0.6) is 0 Å². The third-order valence-electron chi connectivity index (χ3n) is 5.36. The molecule has 0 saturated carbocycles. The Morgan fingerprint density at radius 3 is 1.65 bits per heavy atom. The lowest BCUT2D eigenvalue weighted by atomic mass is 10.1. The molecule has 1 rings (SSSR count). The molecule has 0 saturated heterocycles. The van der Waals surface area contributed by atoms with E-state index < -0.39 is 24.3 Å². The van der Waals surface area contributed by atoms with Gasteiger partial charge in [0.1, 0.15) is 0 Å². The monoisotopic (exact) mass is 396 g/mol. The number of hydrogen-bond acceptors (Lipinski definition) is 3. The highest BCUT2D eigenvalue weighted by atomic mass is 32.2. The average molecular weight is 397 g/mol. The quantitative estimate of drug-likeness (QED) is 0.467. The number of sulfone groups is 1. The Morgan fingerprint density at radius 2 is 1.31 bits per heavy atom. The van der Waals surface area contributed by atoms with E-state index in [-0.39, 0.29) is 15.7 Å². The summed E-state index contributed by atoms with van der Waals surface area (Å²) >= 11 is 0. The van der Waals surface area contributed by atoms with Crippen molar-refractivity contribution >= 4 is 18.2 Å². The molecule has 0 N–H and O–H groups in total. The van der Waals surface area contributed by atoms with Gasteiger partial charge in [0.2, 0.25) is 18.2 Å². The molecular formula is C21H36O3SSi. The maximum absolute atomic E-state index is 13.1. The number of benzene rings is 1. The van der Waals surface area contributed by atoms with E-state index in [1.165, 1.54) is 0 Å². The van der Waals surface area contributed by atoms with Crippen LogP contribution in [0.1, 0.15) is 55.4 Å². The fourth-order valence-electron chi connectivity index (χ4n) is 4.11. The first kappa shape index (κ1) is 23.1. The molecule has 5 heteroatoms. The zero-order chi connectivity index (χ0) is 20.3. The lowest BCUT2D eigenvalue weighted by Gasteiger charge is -2.45. The van der Waals surface area contributed by atoms with Gasteiger partial charge in [-0.2, -0.15) is 0 Å². The lowest BCUT2D eigenvalue weighted by Crippen LogP contribution is -2.51. The first-order chi connectivity index (χ1) is 11.9. The van der Waals surface area contributed by atoms with Crippen LogP contribution < -0.4 is 0 Å². The summed E-state index contributed by atoms with van der Waals surface area (Å²) in [6, 6.07) is 8.53. The summed E-state index contributed by atoms with van der Waals surface area (Å²) in [5.41, 5.74) is 1.16. The fraction of sp³-hybridized carbons (Fsp3) is 0.619. The van der Waals surface area contributed by atoms with Crippen molar-refractivity contribution in [2.45, 2.75) is 83.0 Å².